The van der Waals surface area contributed by atoms with Crippen molar-refractivity contribution in [1.29, 1.82) is 0 Å². The van der Waals surface area contributed by atoms with E-state index in [1.807, 2.05) is 13.8 Å². The van der Waals surface area contributed by atoms with E-state index in [1.54, 1.807) is 31.2 Å². The Kier molecular flexibility index (Phi) is 5.17. The third kappa shape index (κ3) is 3.93. The lowest BCUT2D eigenvalue weighted by molar-refractivity contribution is -0.127. The normalized spacial score (nSPS) is 21.4. The first-order valence-electron chi connectivity index (χ1n) is 8.80. The summed E-state index contributed by atoms with van der Waals surface area (Å²) in [5, 5.41) is 3.44. The van der Waals surface area contributed by atoms with Crippen molar-refractivity contribution >= 4 is 17.5 Å². The fourth-order valence-electron chi connectivity index (χ4n) is 3.60. The zero-order valence-corrected chi connectivity index (χ0v) is 16.2. The van der Waals surface area contributed by atoms with Crippen molar-refractivity contribution < 1.29 is 18.3 Å². The summed E-state index contributed by atoms with van der Waals surface area (Å²) in [6.45, 7) is 5.92. The lowest BCUT2D eigenvalue weighted by Gasteiger charge is -2.24. The molecule has 2 atom stereocenters. The van der Waals surface area contributed by atoms with Crippen molar-refractivity contribution in [3.05, 3.63) is 64.7 Å². The van der Waals surface area contributed by atoms with Crippen LogP contribution in [0, 0.1) is 17.0 Å². The molecule has 0 aromatic heterocycles. The Balaban J connectivity index is 1.68. The molecule has 3 rings (SSSR count). The molecule has 0 radical (unpaired) electrons. The van der Waals surface area contributed by atoms with Gasteiger partial charge in [0.25, 0.3) is 5.91 Å². The van der Waals surface area contributed by atoms with Gasteiger partial charge in [0.2, 0.25) is 0 Å². The minimum atomic E-state index is -0.719. The molecular formula is C21H22ClF2NO2. The summed E-state index contributed by atoms with van der Waals surface area (Å²) >= 11 is 5.84. The molecule has 6 heteroatoms. The summed E-state index contributed by atoms with van der Waals surface area (Å²) in [4.78, 5) is 12.5. The minimum absolute atomic E-state index is 0.195. The molecule has 1 aliphatic carbocycles. The van der Waals surface area contributed by atoms with Gasteiger partial charge in [0.1, 0.15) is 17.4 Å². The summed E-state index contributed by atoms with van der Waals surface area (Å²) in [7, 11) is 0. The van der Waals surface area contributed by atoms with E-state index in [2.05, 4.69) is 5.32 Å². The number of hydrogen-bond acceptors (Lipinski definition) is 2. The van der Waals surface area contributed by atoms with Crippen LogP contribution in [0.25, 0.3) is 0 Å². The highest BCUT2D eigenvalue weighted by atomic mass is 35.5. The summed E-state index contributed by atoms with van der Waals surface area (Å²) in [5.41, 5.74) is -0.319. The number of carbonyl (C=O) groups excluding carboxylic acids is 1. The maximum absolute atomic E-state index is 14.3. The van der Waals surface area contributed by atoms with Crippen molar-refractivity contribution in [1.82, 2.24) is 5.32 Å². The number of amides is 1. The molecule has 0 heterocycles. The number of ether oxygens (including phenoxy) is 1. The molecule has 1 N–H and O–H groups in total. The number of halogens is 3. The van der Waals surface area contributed by atoms with Crippen molar-refractivity contribution in [2.45, 2.75) is 38.7 Å². The third-order valence-electron chi connectivity index (χ3n) is 5.42. The fourth-order valence-corrected chi connectivity index (χ4v) is 3.72. The summed E-state index contributed by atoms with van der Waals surface area (Å²) in [5.74, 6) is -0.957. The van der Waals surface area contributed by atoms with E-state index < -0.39 is 23.2 Å². The predicted octanol–water partition coefficient (Wildman–Crippen LogP) is 4.87. The second kappa shape index (κ2) is 7.12. The van der Waals surface area contributed by atoms with Gasteiger partial charge in [0, 0.05) is 23.0 Å². The number of benzene rings is 2. The van der Waals surface area contributed by atoms with Gasteiger partial charge in [-0.1, -0.05) is 31.5 Å². The maximum Gasteiger partial charge on any atom is 0.260 e. The van der Waals surface area contributed by atoms with E-state index in [-0.39, 0.29) is 17.9 Å². The number of hydrogen-bond donors (Lipinski definition) is 1. The van der Waals surface area contributed by atoms with Gasteiger partial charge in [-0.15, -0.1) is 0 Å². The Hall–Kier alpha value is -2.14. The third-order valence-corrected chi connectivity index (χ3v) is 5.67. The van der Waals surface area contributed by atoms with E-state index in [1.165, 1.54) is 12.1 Å². The van der Waals surface area contributed by atoms with Crippen LogP contribution in [0.1, 0.15) is 32.8 Å². The topological polar surface area (TPSA) is 38.3 Å². The Morgan fingerprint density at radius 3 is 2.41 bits per heavy atom. The van der Waals surface area contributed by atoms with Gasteiger partial charge in [-0.05, 0) is 54.7 Å². The Morgan fingerprint density at radius 2 is 1.85 bits per heavy atom. The van der Waals surface area contributed by atoms with Gasteiger partial charge < -0.3 is 10.1 Å². The van der Waals surface area contributed by atoms with Gasteiger partial charge in [-0.2, -0.15) is 0 Å². The highest BCUT2D eigenvalue weighted by Crippen LogP contribution is 2.64. The van der Waals surface area contributed by atoms with Crippen LogP contribution in [0.2, 0.25) is 5.02 Å². The number of carbonyl (C=O) groups is 1. The molecule has 1 aliphatic rings. The summed E-state index contributed by atoms with van der Waals surface area (Å²) < 4.78 is 33.2. The molecule has 0 aliphatic heterocycles. The minimum Gasteiger partial charge on any atom is -0.481 e. The van der Waals surface area contributed by atoms with Crippen molar-refractivity contribution in [2.24, 2.45) is 5.41 Å². The zero-order valence-electron chi connectivity index (χ0n) is 15.5. The van der Waals surface area contributed by atoms with E-state index in [0.717, 1.165) is 6.07 Å². The lowest BCUT2D eigenvalue weighted by atomic mass is 9.87. The molecule has 1 saturated carbocycles. The zero-order chi connectivity index (χ0) is 19.8. The fraction of sp³-hybridized carbons (Fsp3) is 0.381. The summed E-state index contributed by atoms with van der Waals surface area (Å²) in [6.07, 6.45) is -0.0157. The Labute approximate surface area is 162 Å². The molecule has 0 bridgehead atoms. The van der Waals surface area contributed by atoms with Crippen LogP contribution in [0.15, 0.2) is 42.5 Å². The Morgan fingerprint density at radius 1 is 1.22 bits per heavy atom. The monoisotopic (exact) mass is 393 g/mol. The van der Waals surface area contributed by atoms with Crippen LogP contribution in [-0.2, 0) is 10.2 Å². The molecule has 1 fully saturated rings. The largest absolute Gasteiger partial charge is 0.481 e. The average Bonchev–Trinajstić information content (AvgIpc) is 3.16. The van der Waals surface area contributed by atoms with Crippen molar-refractivity contribution in [3.63, 3.8) is 0 Å². The molecule has 1 amide bonds. The molecule has 2 aromatic carbocycles. The van der Waals surface area contributed by atoms with Crippen molar-refractivity contribution in [3.8, 4) is 5.75 Å². The van der Waals surface area contributed by atoms with E-state index in [0.29, 0.717) is 22.8 Å². The van der Waals surface area contributed by atoms with E-state index >= 15 is 0 Å². The van der Waals surface area contributed by atoms with Gasteiger partial charge >= 0.3 is 0 Å². The molecule has 0 spiro atoms. The molecule has 27 heavy (non-hydrogen) atoms. The van der Waals surface area contributed by atoms with E-state index in [4.69, 9.17) is 16.3 Å². The van der Waals surface area contributed by atoms with Gasteiger partial charge in [-0.3, -0.25) is 4.79 Å². The SMILES string of the molecule is CC(Oc1ccc(Cl)cc1)C(=O)NCC1(c2ccc(F)cc2F)CC1(C)C. The second-order valence-electron chi connectivity index (χ2n) is 7.70. The summed E-state index contributed by atoms with van der Waals surface area (Å²) in [6, 6.07) is 10.3. The van der Waals surface area contributed by atoms with E-state index in [9.17, 15) is 13.6 Å². The molecular weight excluding hydrogens is 372 g/mol. The highest BCUT2D eigenvalue weighted by molar-refractivity contribution is 6.30. The molecule has 144 valence electrons. The predicted molar refractivity (Wildman–Crippen MR) is 101 cm³/mol. The van der Waals surface area contributed by atoms with Crippen molar-refractivity contribution in [2.75, 3.05) is 6.54 Å². The molecule has 2 aromatic rings. The standard InChI is InChI=1S/C21H22ClF2NO2/c1-13(27-16-7-4-14(22)5-8-16)19(26)25-12-21(11-20(21,2)3)17-9-6-15(23)10-18(17)24/h4-10,13H,11-12H2,1-3H3,(H,25,26). The lowest BCUT2D eigenvalue weighted by Crippen LogP contribution is -2.41. The van der Waals surface area contributed by atoms with Crippen LogP contribution in [0.3, 0.4) is 0 Å². The molecule has 0 saturated heterocycles. The van der Waals surface area contributed by atoms with Gasteiger partial charge in [0.15, 0.2) is 6.10 Å². The van der Waals surface area contributed by atoms with Gasteiger partial charge in [0.05, 0.1) is 0 Å². The van der Waals surface area contributed by atoms with Gasteiger partial charge in [-0.25, -0.2) is 8.78 Å². The van der Waals surface area contributed by atoms with Crippen LogP contribution >= 0.6 is 11.6 Å². The number of rotatable bonds is 6. The molecule has 2 unspecified atom stereocenters. The second-order valence-corrected chi connectivity index (χ2v) is 8.14. The van der Waals surface area contributed by atoms with Crippen LogP contribution in [0.4, 0.5) is 8.78 Å². The maximum atomic E-state index is 14.3. The first kappa shape index (κ1) is 19.6. The first-order chi connectivity index (χ1) is 12.6. The number of nitrogens with one attached hydrogen (secondary N) is 1. The first-order valence-corrected chi connectivity index (χ1v) is 9.18. The van der Waals surface area contributed by atoms with Crippen LogP contribution in [0.5, 0.6) is 5.75 Å². The molecule has 3 nitrogen and oxygen atoms in total. The highest BCUT2D eigenvalue weighted by Gasteiger charge is 2.62. The average molecular weight is 394 g/mol. The Bertz CT molecular complexity index is 854. The van der Waals surface area contributed by atoms with Crippen LogP contribution < -0.4 is 10.1 Å². The van der Waals surface area contributed by atoms with Crippen LogP contribution in [-0.4, -0.2) is 18.6 Å². The smallest absolute Gasteiger partial charge is 0.260 e. The quantitative estimate of drug-likeness (QED) is 0.760.